The van der Waals surface area contributed by atoms with Crippen molar-refractivity contribution in [2.75, 3.05) is 0 Å². The van der Waals surface area contributed by atoms with Gasteiger partial charge in [-0.3, -0.25) is 0 Å². The predicted octanol–water partition coefficient (Wildman–Crippen LogP) is 25.1. The zero-order chi connectivity index (χ0) is 63.6. The van der Waals surface area contributed by atoms with Gasteiger partial charge in [0.2, 0.25) is 0 Å². The Morgan fingerprint density at radius 1 is 0.140 bits per heavy atom. The first-order chi connectivity index (χ1) is 39.5. The highest BCUT2D eigenvalue weighted by Gasteiger charge is 2.24. The molecule has 0 saturated heterocycles. The summed E-state index contributed by atoms with van der Waals surface area (Å²) >= 11 is 0. The first-order valence-electron chi connectivity index (χ1n) is 31.7. The Balaban J connectivity index is 1.24. The molecule has 0 heterocycles. The minimum Gasteiger partial charge on any atom is -0.0561 e. The van der Waals surface area contributed by atoms with Crippen LogP contribution in [0.2, 0.25) is 0 Å². The van der Waals surface area contributed by atoms with E-state index < -0.39 is 0 Å². The number of hydrogen-bond acceptors (Lipinski definition) is 0. The highest BCUT2D eigenvalue weighted by Crippen LogP contribution is 2.36. The third-order valence-electron chi connectivity index (χ3n) is 16.5. The fourth-order valence-electron chi connectivity index (χ4n) is 10.3. The molecule has 0 aromatic heterocycles. The van der Waals surface area contributed by atoms with Crippen LogP contribution >= 0.6 is 0 Å². The van der Waals surface area contributed by atoms with Gasteiger partial charge in [0.05, 0.1) is 0 Å². The van der Waals surface area contributed by atoms with E-state index >= 15 is 0 Å². The summed E-state index contributed by atoms with van der Waals surface area (Å²) in [4.78, 5) is 0. The van der Waals surface area contributed by atoms with Gasteiger partial charge in [-0.25, -0.2) is 0 Å². The highest BCUT2D eigenvalue weighted by molar-refractivity contribution is 5.82. The van der Waals surface area contributed by atoms with Crippen molar-refractivity contribution in [3.05, 3.63) is 245 Å². The van der Waals surface area contributed by atoms with Crippen molar-refractivity contribution in [1.29, 1.82) is 0 Å². The Hall–Kier alpha value is -7.02. The summed E-state index contributed by atoms with van der Waals surface area (Å²) in [5, 5.41) is 0. The molecule has 7 rings (SSSR count). The van der Waals surface area contributed by atoms with Gasteiger partial charge in [-0.2, -0.15) is 0 Å². The second-order valence-corrected chi connectivity index (χ2v) is 32.9. The third kappa shape index (κ3) is 19.0. The molecule has 7 aromatic rings. The molecule has 0 nitrogen and oxygen atoms in total. The molecule has 0 atom stereocenters. The van der Waals surface area contributed by atoms with Crippen molar-refractivity contribution in [3.8, 4) is 0 Å². The zero-order valence-corrected chi connectivity index (χ0v) is 57.6. The standard InChI is InChI=1S/C86H106/c1-79(2,3)71-47-67(48-72(55-71)80(4,5)6)37-33-63-41-61(42-64(45-63)34-38-68-49-73(81(7,8)9)56-74(50-68)82(10,11)12)31-29-59-25-27-60(28-26-59)30-32-62-43-65(35-39-69-51-75(83(13,14)15)57-76(52-69)84(16,17)18)46-66(44-62)36-40-70-53-77(85(19,20)21)58-78(54-70)86(22,23)24/h25-58H,1-24H3. The van der Waals surface area contributed by atoms with E-state index in [0.717, 1.165) is 44.5 Å². The Morgan fingerprint density at radius 2 is 0.244 bits per heavy atom. The molecule has 0 spiro atoms. The maximum atomic E-state index is 2.40. The quantitative estimate of drug-likeness (QED) is 0.107. The van der Waals surface area contributed by atoms with Crippen molar-refractivity contribution in [2.24, 2.45) is 0 Å². The van der Waals surface area contributed by atoms with Crippen LogP contribution in [0, 0.1) is 0 Å². The predicted molar refractivity (Wildman–Crippen MR) is 388 cm³/mol. The van der Waals surface area contributed by atoms with Crippen LogP contribution in [-0.2, 0) is 43.3 Å². The fraction of sp³-hybridized carbons (Fsp3) is 0.372. The normalized spacial score (nSPS) is 13.8. The molecule has 0 radical (unpaired) electrons. The minimum absolute atomic E-state index is 0.0407. The van der Waals surface area contributed by atoms with Crippen LogP contribution in [0.3, 0.4) is 0 Å². The lowest BCUT2D eigenvalue weighted by Crippen LogP contribution is -2.16. The van der Waals surface area contributed by atoms with Gasteiger partial charge in [0, 0.05) is 0 Å². The van der Waals surface area contributed by atoms with Gasteiger partial charge in [-0.1, -0.05) is 336 Å². The third-order valence-corrected chi connectivity index (χ3v) is 16.5. The molecule has 7 aromatic carbocycles. The molecule has 0 amide bonds. The van der Waals surface area contributed by atoms with Crippen molar-refractivity contribution in [3.63, 3.8) is 0 Å². The summed E-state index contributed by atoms with van der Waals surface area (Å²) in [6.45, 7) is 55.4. The number of benzene rings is 7. The van der Waals surface area contributed by atoms with Gasteiger partial charge < -0.3 is 0 Å². The van der Waals surface area contributed by atoms with Crippen molar-refractivity contribution in [2.45, 2.75) is 209 Å². The van der Waals surface area contributed by atoms with Crippen LogP contribution in [0.25, 0.3) is 72.9 Å². The molecule has 0 saturated carbocycles. The Labute approximate surface area is 524 Å². The molecule has 0 aliphatic heterocycles. The summed E-state index contributed by atoms with van der Waals surface area (Å²) in [6, 6.07) is 51.3. The van der Waals surface area contributed by atoms with E-state index in [2.05, 4.69) is 373 Å². The second-order valence-electron chi connectivity index (χ2n) is 32.9. The van der Waals surface area contributed by atoms with Crippen LogP contribution in [0.1, 0.15) is 277 Å². The van der Waals surface area contributed by atoms with Gasteiger partial charge in [0.1, 0.15) is 0 Å². The van der Waals surface area contributed by atoms with Crippen molar-refractivity contribution in [1.82, 2.24) is 0 Å². The lowest BCUT2D eigenvalue weighted by molar-refractivity contribution is 0.568. The summed E-state index contributed by atoms with van der Waals surface area (Å²) in [5.74, 6) is 0. The molecule has 0 N–H and O–H groups in total. The van der Waals surface area contributed by atoms with Crippen molar-refractivity contribution < 1.29 is 0 Å². The highest BCUT2D eigenvalue weighted by atomic mass is 14.3. The van der Waals surface area contributed by atoms with Crippen LogP contribution < -0.4 is 0 Å². The van der Waals surface area contributed by atoms with Gasteiger partial charge in [-0.05, 0) is 191 Å². The molecule has 0 bridgehead atoms. The molecular formula is C86H106. The molecule has 0 aliphatic carbocycles. The van der Waals surface area contributed by atoms with Crippen molar-refractivity contribution >= 4 is 72.9 Å². The molecular weight excluding hydrogens is 1030 g/mol. The van der Waals surface area contributed by atoms with Crippen LogP contribution in [-0.4, -0.2) is 0 Å². The zero-order valence-electron chi connectivity index (χ0n) is 57.6. The van der Waals surface area contributed by atoms with Crippen LogP contribution in [0.4, 0.5) is 0 Å². The first kappa shape index (κ1) is 66.5. The van der Waals surface area contributed by atoms with E-state index in [1.165, 1.54) is 66.8 Å². The molecule has 0 aliphatic rings. The average Bonchev–Trinajstić information content (AvgIpc) is 3.07. The summed E-state index contributed by atoms with van der Waals surface area (Å²) < 4.78 is 0. The Morgan fingerprint density at radius 3 is 0.360 bits per heavy atom. The van der Waals surface area contributed by atoms with E-state index in [4.69, 9.17) is 0 Å². The van der Waals surface area contributed by atoms with Crippen LogP contribution in [0.15, 0.2) is 133 Å². The van der Waals surface area contributed by atoms with E-state index in [1.54, 1.807) is 0 Å². The van der Waals surface area contributed by atoms with Gasteiger partial charge in [-0.15, -0.1) is 0 Å². The largest absolute Gasteiger partial charge is 0.0561 e. The summed E-state index contributed by atoms with van der Waals surface area (Å²) in [7, 11) is 0. The maximum absolute atomic E-state index is 2.40. The van der Waals surface area contributed by atoms with E-state index in [9.17, 15) is 0 Å². The van der Waals surface area contributed by atoms with Gasteiger partial charge >= 0.3 is 0 Å². The number of hydrogen-bond donors (Lipinski definition) is 0. The van der Waals surface area contributed by atoms with E-state index in [-0.39, 0.29) is 43.3 Å². The maximum Gasteiger partial charge on any atom is -0.0132 e. The van der Waals surface area contributed by atoms with Gasteiger partial charge in [0.25, 0.3) is 0 Å². The fourth-order valence-corrected chi connectivity index (χ4v) is 10.3. The Kier molecular flexibility index (Phi) is 19.6. The first-order valence-corrected chi connectivity index (χ1v) is 31.7. The molecule has 450 valence electrons. The van der Waals surface area contributed by atoms with Gasteiger partial charge in [0.15, 0.2) is 0 Å². The lowest BCUT2D eigenvalue weighted by atomic mass is 9.79. The molecule has 86 heavy (non-hydrogen) atoms. The average molecular weight is 1140 g/mol. The second kappa shape index (κ2) is 25.4. The van der Waals surface area contributed by atoms with Crippen LogP contribution in [0.5, 0.6) is 0 Å². The molecule has 0 fully saturated rings. The summed E-state index contributed by atoms with van der Waals surface area (Å²) in [5.41, 5.74) is 25.3. The monoisotopic (exact) mass is 1140 g/mol. The lowest BCUT2D eigenvalue weighted by Gasteiger charge is -2.25. The van der Waals surface area contributed by atoms with E-state index in [0.29, 0.717) is 0 Å². The smallest absolute Gasteiger partial charge is 0.0132 e. The number of rotatable bonds is 12. The molecule has 0 heteroatoms. The molecule has 0 unspecified atom stereocenters. The van der Waals surface area contributed by atoms with E-state index in [1.807, 2.05) is 0 Å². The topological polar surface area (TPSA) is 0 Å². The summed E-state index contributed by atoms with van der Waals surface area (Å²) in [6.07, 6.45) is 27.3. The minimum atomic E-state index is 0.0407. The Bertz CT molecular complexity index is 3130. The SMILES string of the molecule is CC(C)(C)c1cc(C=Cc2cc(C=Cc3ccc(C=Cc4cc(C=Cc5cc(C(C)(C)C)cc(C(C)(C)C)c5)cc(C=Cc5cc(C(C)(C)C)cc(C(C)(C)C)c5)c4)cc3)cc(C=Cc3cc(C(C)(C)C)cc(C(C)(C)C)c3)c2)cc(C(C)(C)C)c1.